The standard InChI is InChI=1S/C13H11Br2NOS/c1-8-2-9(4-10(14)3-8)13(17)16-6-12-5-11(15)7-18-12/h2-5,7H,6H2,1H3,(H,16,17). The summed E-state index contributed by atoms with van der Waals surface area (Å²) in [5.74, 6) is -0.0519. The van der Waals surface area contributed by atoms with Crippen LogP contribution in [0.3, 0.4) is 0 Å². The summed E-state index contributed by atoms with van der Waals surface area (Å²) in [5, 5.41) is 4.92. The molecule has 0 spiro atoms. The molecule has 0 radical (unpaired) electrons. The van der Waals surface area contributed by atoms with Crippen molar-refractivity contribution in [2.45, 2.75) is 13.5 Å². The number of aryl methyl sites for hydroxylation is 1. The quantitative estimate of drug-likeness (QED) is 0.823. The Morgan fingerprint density at radius 3 is 2.61 bits per heavy atom. The molecule has 2 aromatic rings. The Bertz CT molecular complexity index is 560. The summed E-state index contributed by atoms with van der Waals surface area (Å²) in [4.78, 5) is 13.1. The SMILES string of the molecule is Cc1cc(Br)cc(C(=O)NCc2cc(Br)cs2)c1. The van der Waals surface area contributed by atoms with E-state index in [0.717, 1.165) is 19.4 Å². The van der Waals surface area contributed by atoms with Crippen molar-refractivity contribution in [2.75, 3.05) is 0 Å². The number of rotatable bonds is 3. The highest BCUT2D eigenvalue weighted by Crippen LogP contribution is 2.20. The minimum Gasteiger partial charge on any atom is -0.347 e. The Hall–Kier alpha value is -0.650. The summed E-state index contributed by atoms with van der Waals surface area (Å²) in [6.07, 6.45) is 0. The van der Waals surface area contributed by atoms with Gasteiger partial charge in [-0.1, -0.05) is 15.9 Å². The van der Waals surface area contributed by atoms with Crippen LogP contribution in [0.5, 0.6) is 0 Å². The first-order chi connectivity index (χ1) is 8.54. The normalized spacial score (nSPS) is 10.4. The van der Waals surface area contributed by atoms with Crippen LogP contribution in [0, 0.1) is 6.92 Å². The molecule has 18 heavy (non-hydrogen) atoms. The van der Waals surface area contributed by atoms with Crippen molar-refractivity contribution in [3.05, 3.63) is 54.6 Å². The average Bonchev–Trinajstić information content (AvgIpc) is 2.70. The highest BCUT2D eigenvalue weighted by atomic mass is 79.9. The van der Waals surface area contributed by atoms with Crippen LogP contribution >= 0.6 is 43.2 Å². The summed E-state index contributed by atoms with van der Waals surface area (Å²) in [7, 11) is 0. The van der Waals surface area contributed by atoms with Crippen LogP contribution in [-0.2, 0) is 6.54 Å². The average molecular weight is 389 g/mol. The van der Waals surface area contributed by atoms with Crippen LogP contribution in [0.25, 0.3) is 0 Å². The van der Waals surface area contributed by atoms with Gasteiger partial charge in [-0.25, -0.2) is 0 Å². The molecule has 0 saturated heterocycles. The smallest absolute Gasteiger partial charge is 0.251 e. The molecule has 0 saturated carbocycles. The van der Waals surface area contributed by atoms with Gasteiger partial charge in [0.25, 0.3) is 5.91 Å². The lowest BCUT2D eigenvalue weighted by molar-refractivity contribution is 0.0951. The second-order valence-corrected chi connectivity index (χ2v) is 6.76. The largest absolute Gasteiger partial charge is 0.347 e. The van der Waals surface area contributed by atoms with Crippen LogP contribution in [0.1, 0.15) is 20.8 Å². The third-order valence-corrected chi connectivity index (χ3v) is 4.50. The van der Waals surface area contributed by atoms with Crippen molar-refractivity contribution >= 4 is 49.1 Å². The zero-order valence-electron chi connectivity index (χ0n) is 9.67. The van der Waals surface area contributed by atoms with Gasteiger partial charge in [-0.05, 0) is 52.7 Å². The zero-order valence-corrected chi connectivity index (χ0v) is 13.7. The van der Waals surface area contributed by atoms with Crippen LogP contribution in [0.2, 0.25) is 0 Å². The molecule has 94 valence electrons. The highest BCUT2D eigenvalue weighted by molar-refractivity contribution is 9.10. The lowest BCUT2D eigenvalue weighted by Gasteiger charge is -2.05. The first kappa shape index (κ1) is 13.8. The van der Waals surface area contributed by atoms with E-state index in [4.69, 9.17) is 0 Å². The highest BCUT2D eigenvalue weighted by Gasteiger charge is 2.07. The molecule has 1 aromatic carbocycles. The number of carbonyl (C=O) groups excluding carboxylic acids is 1. The molecule has 5 heteroatoms. The molecule has 1 aromatic heterocycles. The fraction of sp³-hybridized carbons (Fsp3) is 0.154. The lowest BCUT2D eigenvalue weighted by Crippen LogP contribution is -2.22. The molecule has 1 heterocycles. The van der Waals surface area contributed by atoms with Crippen molar-refractivity contribution in [3.8, 4) is 0 Å². The van der Waals surface area contributed by atoms with Gasteiger partial charge < -0.3 is 5.32 Å². The number of benzene rings is 1. The van der Waals surface area contributed by atoms with Gasteiger partial charge in [-0.15, -0.1) is 11.3 Å². The number of halogens is 2. The number of carbonyl (C=O) groups is 1. The van der Waals surface area contributed by atoms with E-state index in [2.05, 4.69) is 37.2 Å². The minimum absolute atomic E-state index is 0.0519. The second kappa shape index (κ2) is 5.99. The number of thiophene rings is 1. The predicted molar refractivity (Wildman–Crippen MR) is 82.1 cm³/mol. The molecule has 2 rings (SSSR count). The maximum absolute atomic E-state index is 12.0. The van der Waals surface area contributed by atoms with E-state index < -0.39 is 0 Å². The monoisotopic (exact) mass is 387 g/mol. The molecule has 0 unspecified atom stereocenters. The van der Waals surface area contributed by atoms with E-state index in [9.17, 15) is 4.79 Å². The van der Waals surface area contributed by atoms with Gasteiger partial charge in [0.1, 0.15) is 0 Å². The van der Waals surface area contributed by atoms with Crippen LogP contribution < -0.4 is 5.32 Å². The summed E-state index contributed by atoms with van der Waals surface area (Å²) in [5.41, 5.74) is 1.74. The van der Waals surface area contributed by atoms with Gasteiger partial charge in [-0.3, -0.25) is 4.79 Å². The molecule has 1 amide bonds. The summed E-state index contributed by atoms with van der Waals surface area (Å²) in [6, 6.07) is 7.70. The van der Waals surface area contributed by atoms with Crippen molar-refractivity contribution in [1.82, 2.24) is 5.32 Å². The molecular formula is C13H11Br2NOS. The van der Waals surface area contributed by atoms with Crippen molar-refractivity contribution < 1.29 is 4.79 Å². The number of hydrogen-bond donors (Lipinski definition) is 1. The fourth-order valence-corrected chi connectivity index (χ4v) is 3.58. The first-order valence-electron chi connectivity index (χ1n) is 5.33. The van der Waals surface area contributed by atoms with E-state index >= 15 is 0 Å². The Morgan fingerprint density at radius 2 is 2.00 bits per heavy atom. The van der Waals surface area contributed by atoms with Gasteiger partial charge in [-0.2, -0.15) is 0 Å². The van der Waals surface area contributed by atoms with Crippen molar-refractivity contribution in [2.24, 2.45) is 0 Å². The zero-order chi connectivity index (χ0) is 13.1. The van der Waals surface area contributed by atoms with Crippen LogP contribution in [-0.4, -0.2) is 5.91 Å². The number of hydrogen-bond acceptors (Lipinski definition) is 2. The molecule has 0 aliphatic rings. The van der Waals surface area contributed by atoms with Gasteiger partial charge in [0.15, 0.2) is 0 Å². The maximum atomic E-state index is 12.0. The van der Waals surface area contributed by atoms with E-state index in [0.29, 0.717) is 12.1 Å². The van der Waals surface area contributed by atoms with E-state index in [1.54, 1.807) is 11.3 Å². The number of amides is 1. The van der Waals surface area contributed by atoms with Gasteiger partial charge in [0, 0.05) is 24.8 Å². The summed E-state index contributed by atoms with van der Waals surface area (Å²) >= 11 is 8.41. The molecule has 0 fully saturated rings. The summed E-state index contributed by atoms with van der Waals surface area (Å²) in [6.45, 7) is 2.53. The Balaban J connectivity index is 2.03. The molecule has 0 atom stereocenters. The first-order valence-corrected chi connectivity index (χ1v) is 7.79. The summed E-state index contributed by atoms with van der Waals surface area (Å²) < 4.78 is 1.97. The molecule has 0 aliphatic heterocycles. The lowest BCUT2D eigenvalue weighted by atomic mass is 10.1. The van der Waals surface area contributed by atoms with Gasteiger partial charge in [0.2, 0.25) is 0 Å². The molecule has 0 aliphatic carbocycles. The van der Waals surface area contributed by atoms with Crippen LogP contribution in [0.15, 0.2) is 38.6 Å². The Labute approximate surface area is 127 Å². The van der Waals surface area contributed by atoms with E-state index in [1.807, 2.05) is 36.6 Å². The third kappa shape index (κ3) is 3.67. The second-order valence-electron chi connectivity index (χ2n) is 3.93. The van der Waals surface area contributed by atoms with Crippen LogP contribution in [0.4, 0.5) is 0 Å². The Morgan fingerprint density at radius 1 is 1.22 bits per heavy atom. The van der Waals surface area contributed by atoms with Crippen molar-refractivity contribution in [3.63, 3.8) is 0 Å². The predicted octanol–water partition coefficient (Wildman–Crippen LogP) is 4.51. The molecular weight excluding hydrogens is 378 g/mol. The fourth-order valence-electron chi connectivity index (χ4n) is 1.58. The van der Waals surface area contributed by atoms with Crippen molar-refractivity contribution in [1.29, 1.82) is 0 Å². The van der Waals surface area contributed by atoms with E-state index in [1.165, 1.54) is 0 Å². The van der Waals surface area contributed by atoms with Gasteiger partial charge in [0.05, 0.1) is 6.54 Å². The number of nitrogens with one attached hydrogen (secondary N) is 1. The molecule has 1 N–H and O–H groups in total. The third-order valence-electron chi connectivity index (χ3n) is 2.35. The Kier molecular flexibility index (Phi) is 4.59. The molecule has 0 bridgehead atoms. The van der Waals surface area contributed by atoms with Gasteiger partial charge >= 0.3 is 0 Å². The topological polar surface area (TPSA) is 29.1 Å². The van der Waals surface area contributed by atoms with E-state index in [-0.39, 0.29) is 5.91 Å². The minimum atomic E-state index is -0.0519. The molecule has 2 nitrogen and oxygen atoms in total. The maximum Gasteiger partial charge on any atom is 0.251 e.